The first kappa shape index (κ1) is 24.0. The Kier molecular flexibility index (Phi) is 11.1. The quantitative estimate of drug-likeness (QED) is 0.294. The molecule has 0 spiro atoms. The maximum Gasteiger partial charge on any atom is 0.390 e. The summed E-state index contributed by atoms with van der Waals surface area (Å²) in [6, 6.07) is 5.51. The highest BCUT2D eigenvalue weighted by molar-refractivity contribution is 14.0. The average Bonchev–Trinajstić information content (AvgIpc) is 2.47. The summed E-state index contributed by atoms with van der Waals surface area (Å²) in [5.74, 6) is 0.0329. The summed E-state index contributed by atoms with van der Waals surface area (Å²) >= 11 is 3.35. The molecule has 5 nitrogen and oxygen atoms in total. The molecule has 0 heterocycles. The van der Waals surface area contributed by atoms with E-state index in [1.807, 2.05) is 19.1 Å². The number of carbonyl (C=O) groups excluding carboxylic acids is 1. The average molecular weight is 537 g/mol. The van der Waals surface area contributed by atoms with Gasteiger partial charge in [0.05, 0.1) is 6.42 Å². The second-order valence-corrected chi connectivity index (χ2v) is 5.96. The molecule has 1 rings (SSSR count). The van der Waals surface area contributed by atoms with Crippen molar-refractivity contribution < 1.29 is 18.0 Å². The van der Waals surface area contributed by atoms with Gasteiger partial charge >= 0.3 is 6.18 Å². The van der Waals surface area contributed by atoms with E-state index in [0.29, 0.717) is 0 Å². The summed E-state index contributed by atoms with van der Waals surface area (Å²) < 4.78 is 37.2. The number of aliphatic imine (C=N–C) groups is 1. The molecule has 0 aliphatic heterocycles. The van der Waals surface area contributed by atoms with E-state index in [1.54, 1.807) is 6.07 Å². The van der Waals surface area contributed by atoms with E-state index in [-0.39, 0.29) is 55.4 Å². The first-order valence-corrected chi connectivity index (χ1v) is 8.08. The number of halogens is 5. The van der Waals surface area contributed by atoms with Gasteiger partial charge in [0.25, 0.3) is 0 Å². The van der Waals surface area contributed by atoms with E-state index in [0.717, 1.165) is 15.7 Å². The lowest BCUT2D eigenvalue weighted by Gasteiger charge is -2.13. The number of rotatable bonds is 6. The van der Waals surface area contributed by atoms with Crippen molar-refractivity contribution in [1.82, 2.24) is 10.6 Å². The van der Waals surface area contributed by atoms with Crippen LogP contribution in [0.25, 0.3) is 0 Å². The molecule has 1 amide bonds. The fraction of sp³-hybridized carbons (Fsp3) is 0.467. The molecule has 3 N–H and O–H groups in total. The molecule has 0 atom stereocenters. The molecule has 0 aliphatic carbocycles. The van der Waals surface area contributed by atoms with Crippen LogP contribution in [0.5, 0.6) is 0 Å². The fourth-order valence-corrected chi connectivity index (χ4v) is 2.29. The molecule has 0 radical (unpaired) electrons. The van der Waals surface area contributed by atoms with Crippen LogP contribution in [0.2, 0.25) is 0 Å². The Morgan fingerprint density at radius 2 is 1.88 bits per heavy atom. The molecule has 1 aromatic rings. The van der Waals surface area contributed by atoms with Crippen LogP contribution in [0.1, 0.15) is 18.4 Å². The number of benzene rings is 1. The largest absolute Gasteiger partial charge is 0.390 e. The van der Waals surface area contributed by atoms with E-state index in [2.05, 4.69) is 36.9 Å². The van der Waals surface area contributed by atoms with Gasteiger partial charge in [0, 0.05) is 36.7 Å². The van der Waals surface area contributed by atoms with Crippen LogP contribution < -0.4 is 16.0 Å². The van der Waals surface area contributed by atoms with E-state index in [9.17, 15) is 18.0 Å². The molecule has 142 valence electrons. The Balaban J connectivity index is 0.00000576. The van der Waals surface area contributed by atoms with Gasteiger partial charge < -0.3 is 16.0 Å². The van der Waals surface area contributed by atoms with Crippen LogP contribution in [0.15, 0.2) is 27.7 Å². The number of guanidine groups is 1. The van der Waals surface area contributed by atoms with Crippen LogP contribution in [0.3, 0.4) is 0 Å². The number of hydrogen-bond acceptors (Lipinski definition) is 2. The van der Waals surface area contributed by atoms with Gasteiger partial charge in [0.2, 0.25) is 5.91 Å². The van der Waals surface area contributed by atoms with Crippen LogP contribution >= 0.6 is 39.9 Å². The molecule has 1 aromatic carbocycles. The zero-order valence-corrected chi connectivity index (χ0v) is 17.8. The minimum Gasteiger partial charge on any atom is -0.356 e. The minimum atomic E-state index is -4.21. The summed E-state index contributed by atoms with van der Waals surface area (Å²) in [7, 11) is 1.45. The Bertz CT molecular complexity index is 597. The van der Waals surface area contributed by atoms with Crippen molar-refractivity contribution in [1.29, 1.82) is 0 Å². The normalized spacial score (nSPS) is 11.5. The third kappa shape index (κ3) is 10.5. The van der Waals surface area contributed by atoms with Crippen molar-refractivity contribution in [2.75, 3.05) is 25.5 Å². The highest BCUT2D eigenvalue weighted by Crippen LogP contribution is 2.20. The second-order valence-electron chi connectivity index (χ2n) is 5.05. The molecule has 0 unspecified atom stereocenters. The summed E-state index contributed by atoms with van der Waals surface area (Å²) in [5, 5.41) is 8.13. The molecule has 0 bridgehead atoms. The van der Waals surface area contributed by atoms with Gasteiger partial charge in [-0.15, -0.1) is 24.0 Å². The summed E-state index contributed by atoms with van der Waals surface area (Å²) in [5.41, 5.74) is 1.64. The molecular formula is C15H21BrF3IN4O. The predicted octanol–water partition coefficient (Wildman–Crippen LogP) is 3.82. The Morgan fingerprint density at radius 1 is 1.24 bits per heavy atom. The van der Waals surface area contributed by atoms with Crippen molar-refractivity contribution in [2.45, 2.75) is 25.9 Å². The van der Waals surface area contributed by atoms with Crippen LogP contribution in [0.4, 0.5) is 18.9 Å². The van der Waals surface area contributed by atoms with Gasteiger partial charge in [0.1, 0.15) is 0 Å². The topological polar surface area (TPSA) is 65.5 Å². The number of amides is 1. The number of anilines is 1. The third-order valence-electron chi connectivity index (χ3n) is 3.03. The number of hydrogen-bond donors (Lipinski definition) is 3. The zero-order valence-electron chi connectivity index (χ0n) is 13.8. The van der Waals surface area contributed by atoms with Gasteiger partial charge in [-0.2, -0.15) is 13.2 Å². The Labute approximate surface area is 170 Å². The summed E-state index contributed by atoms with van der Waals surface area (Å²) in [6.45, 7) is 1.87. The first-order valence-electron chi connectivity index (χ1n) is 7.28. The molecular weight excluding hydrogens is 516 g/mol. The number of alkyl halides is 3. The maximum absolute atomic E-state index is 12.1. The van der Waals surface area contributed by atoms with Gasteiger partial charge in [-0.25, -0.2) is 0 Å². The smallest absolute Gasteiger partial charge is 0.356 e. The van der Waals surface area contributed by atoms with Crippen molar-refractivity contribution >= 4 is 57.5 Å². The number of nitrogens with one attached hydrogen (secondary N) is 3. The van der Waals surface area contributed by atoms with Crippen molar-refractivity contribution in [3.05, 3.63) is 28.2 Å². The van der Waals surface area contributed by atoms with E-state index in [1.165, 1.54) is 7.05 Å². The van der Waals surface area contributed by atoms with E-state index >= 15 is 0 Å². The molecule has 10 heteroatoms. The predicted molar refractivity (Wildman–Crippen MR) is 108 cm³/mol. The van der Waals surface area contributed by atoms with Crippen LogP contribution in [-0.2, 0) is 4.79 Å². The number of carbonyl (C=O) groups is 1. The SMILES string of the molecule is CN=C(NCCC(=O)Nc1ccc(Br)cc1C)NCCC(F)(F)F.I. The van der Waals surface area contributed by atoms with Gasteiger partial charge in [-0.1, -0.05) is 15.9 Å². The van der Waals surface area contributed by atoms with E-state index in [4.69, 9.17) is 0 Å². The Morgan fingerprint density at radius 3 is 2.44 bits per heavy atom. The number of aryl methyl sites for hydroxylation is 1. The molecule has 0 aliphatic rings. The zero-order chi connectivity index (χ0) is 18.2. The molecule has 0 saturated heterocycles. The standard InChI is InChI=1S/C15H20BrF3N4O.HI/c1-10-9-11(16)3-4-12(10)23-13(24)5-7-21-14(20-2)22-8-6-15(17,18)19;/h3-4,9H,5-8H2,1-2H3,(H,23,24)(H2,20,21,22);1H. The van der Waals surface area contributed by atoms with Crippen LogP contribution in [-0.4, -0.2) is 38.2 Å². The first-order chi connectivity index (χ1) is 11.2. The number of nitrogens with zero attached hydrogens (tertiary/aromatic N) is 1. The lowest BCUT2D eigenvalue weighted by molar-refractivity contribution is -0.132. The van der Waals surface area contributed by atoms with E-state index < -0.39 is 12.6 Å². The monoisotopic (exact) mass is 536 g/mol. The lowest BCUT2D eigenvalue weighted by atomic mass is 10.2. The van der Waals surface area contributed by atoms with Crippen LogP contribution in [0, 0.1) is 6.92 Å². The highest BCUT2D eigenvalue weighted by atomic mass is 127. The maximum atomic E-state index is 12.1. The molecule has 25 heavy (non-hydrogen) atoms. The summed E-state index contributed by atoms with van der Waals surface area (Å²) in [4.78, 5) is 15.7. The Hall–Kier alpha value is -1.04. The van der Waals surface area contributed by atoms with Crippen molar-refractivity contribution in [2.24, 2.45) is 4.99 Å². The highest BCUT2D eigenvalue weighted by Gasteiger charge is 2.26. The van der Waals surface area contributed by atoms with Gasteiger partial charge in [-0.05, 0) is 30.7 Å². The fourth-order valence-electron chi connectivity index (χ4n) is 1.82. The van der Waals surface area contributed by atoms with Crippen molar-refractivity contribution in [3.8, 4) is 0 Å². The van der Waals surface area contributed by atoms with Crippen molar-refractivity contribution in [3.63, 3.8) is 0 Å². The third-order valence-corrected chi connectivity index (χ3v) is 3.52. The lowest BCUT2D eigenvalue weighted by Crippen LogP contribution is -2.40. The molecule has 0 fully saturated rings. The molecule has 0 aromatic heterocycles. The minimum absolute atomic E-state index is 0. The van der Waals surface area contributed by atoms with Gasteiger partial charge in [0.15, 0.2) is 5.96 Å². The second kappa shape index (κ2) is 11.6. The van der Waals surface area contributed by atoms with Gasteiger partial charge in [-0.3, -0.25) is 9.79 Å². The molecule has 0 saturated carbocycles. The summed E-state index contributed by atoms with van der Waals surface area (Å²) in [6.07, 6.45) is -5.00.